The molecule has 0 unspecified atom stereocenters. The molecule has 0 aliphatic rings. The molecular formula is C14H22O2. The molecule has 16 heavy (non-hydrogen) atoms. The summed E-state index contributed by atoms with van der Waals surface area (Å²) in [6.45, 7) is 10.2. The quantitative estimate of drug-likeness (QED) is 0.620. The molecule has 2 heteroatoms. The van der Waals surface area contributed by atoms with E-state index in [1.807, 2.05) is 13.8 Å². The van der Waals surface area contributed by atoms with Crippen molar-refractivity contribution in [2.75, 3.05) is 0 Å². The van der Waals surface area contributed by atoms with Crippen LogP contribution in [0, 0.1) is 20.8 Å². The van der Waals surface area contributed by atoms with E-state index in [9.17, 15) is 0 Å². The van der Waals surface area contributed by atoms with Crippen LogP contribution >= 0.6 is 0 Å². The Labute approximate surface area is 98.2 Å². The number of rotatable bonds is 4. The summed E-state index contributed by atoms with van der Waals surface area (Å²) in [4.78, 5) is 4.46. The highest BCUT2D eigenvalue weighted by atomic mass is 17.1. The van der Waals surface area contributed by atoms with E-state index in [-0.39, 0.29) is 0 Å². The molecule has 0 spiro atoms. The van der Waals surface area contributed by atoms with E-state index in [1.165, 1.54) is 22.3 Å². The zero-order valence-electron chi connectivity index (χ0n) is 10.9. The van der Waals surface area contributed by atoms with Crippen molar-refractivity contribution in [2.24, 2.45) is 0 Å². The molecule has 0 saturated carbocycles. The van der Waals surface area contributed by atoms with Gasteiger partial charge in [0.05, 0.1) is 5.60 Å². The van der Waals surface area contributed by atoms with Crippen molar-refractivity contribution in [1.29, 1.82) is 0 Å². The molecule has 2 nitrogen and oxygen atoms in total. The first kappa shape index (κ1) is 13.2. The summed E-state index contributed by atoms with van der Waals surface area (Å²) >= 11 is 0. The zero-order chi connectivity index (χ0) is 12.3. The lowest BCUT2D eigenvalue weighted by atomic mass is 9.92. The standard InChI is InChI=1S/C14H22O2/c1-10-8-11(2)13(12(3)9-10)6-7-14(4,5)16-15/h8-9,15H,6-7H2,1-5H3. The molecule has 1 N–H and O–H groups in total. The Morgan fingerprint density at radius 1 is 1.12 bits per heavy atom. The van der Waals surface area contributed by atoms with Gasteiger partial charge in [-0.05, 0) is 64.2 Å². The maximum Gasteiger partial charge on any atom is 0.0980 e. The Hall–Kier alpha value is -0.860. The third kappa shape index (κ3) is 3.32. The lowest BCUT2D eigenvalue weighted by molar-refractivity contribution is -0.314. The maximum atomic E-state index is 8.75. The first-order chi connectivity index (χ1) is 7.35. The second-order valence-corrected chi connectivity index (χ2v) is 5.23. The number of hydrogen-bond donors (Lipinski definition) is 1. The molecule has 1 rings (SSSR count). The number of aryl methyl sites for hydroxylation is 3. The first-order valence-corrected chi connectivity index (χ1v) is 5.75. The van der Waals surface area contributed by atoms with Crippen LogP contribution in [0.3, 0.4) is 0 Å². The highest BCUT2D eigenvalue weighted by molar-refractivity contribution is 5.37. The molecule has 0 heterocycles. The molecule has 0 saturated heterocycles. The van der Waals surface area contributed by atoms with Gasteiger partial charge in [-0.25, -0.2) is 4.89 Å². The molecule has 0 aromatic heterocycles. The first-order valence-electron chi connectivity index (χ1n) is 5.75. The van der Waals surface area contributed by atoms with E-state index in [4.69, 9.17) is 5.26 Å². The van der Waals surface area contributed by atoms with E-state index in [0.717, 1.165) is 12.8 Å². The monoisotopic (exact) mass is 222 g/mol. The van der Waals surface area contributed by atoms with Gasteiger partial charge in [-0.2, -0.15) is 0 Å². The van der Waals surface area contributed by atoms with Gasteiger partial charge < -0.3 is 0 Å². The van der Waals surface area contributed by atoms with Gasteiger partial charge in [-0.3, -0.25) is 5.26 Å². The van der Waals surface area contributed by atoms with Gasteiger partial charge in [0.25, 0.3) is 0 Å². The van der Waals surface area contributed by atoms with Crippen molar-refractivity contribution in [1.82, 2.24) is 0 Å². The third-order valence-corrected chi connectivity index (χ3v) is 3.06. The van der Waals surface area contributed by atoms with Crippen LogP contribution in [-0.2, 0) is 11.3 Å². The summed E-state index contributed by atoms with van der Waals surface area (Å²) in [5, 5.41) is 8.75. The fourth-order valence-electron chi connectivity index (χ4n) is 2.08. The van der Waals surface area contributed by atoms with E-state index >= 15 is 0 Å². The highest BCUT2D eigenvalue weighted by Gasteiger charge is 2.19. The van der Waals surface area contributed by atoms with Gasteiger partial charge in [-0.15, -0.1) is 0 Å². The van der Waals surface area contributed by atoms with Gasteiger partial charge in [0.1, 0.15) is 0 Å². The van der Waals surface area contributed by atoms with Crippen LogP contribution in [0.1, 0.15) is 42.5 Å². The summed E-state index contributed by atoms with van der Waals surface area (Å²) in [5.74, 6) is 0. The fraction of sp³-hybridized carbons (Fsp3) is 0.571. The lowest BCUT2D eigenvalue weighted by Crippen LogP contribution is -2.23. The zero-order valence-corrected chi connectivity index (χ0v) is 10.9. The van der Waals surface area contributed by atoms with Crippen molar-refractivity contribution in [3.8, 4) is 0 Å². The molecule has 0 atom stereocenters. The summed E-state index contributed by atoms with van der Waals surface area (Å²) in [7, 11) is 0. The Kier molecular flexibility index (Phi) is 4.11. The van der Waals surface area contributed by atoms with Crippen LogP contribution in [0.2, 0.25) is 0 Å². The third-order valence-electron chi connectivity index (χ3n) is 3.06. The minimum absolute atomic E-state index is 0.468. The predicted octanol–water partition coefficient (Wildman–Crippen LogP) is 3.81. The van der Waals surface area contributed by atoms with E-state index in [1.54, 1.807) is 0 Å². The van der Waals surface area contributed by atoms with Crippen molar-refractivity contribution in [2.45, 2.75) is 53.1 Å². The average molecular weight is 222 g/mol. The van der Waals surface area contributed by atoms with Crippen molar-refractivity contribution in [3.05, 3.63) is 34.4 Å². The minimum Gasteiger partial charge on any atom is -0.251 e. The van der Waals surface area contributed by atoms with Crippen LogP contribution < -0.4 is 0 Å². The van der Waals surface area contributed by atoms with Crippen LogP contribution in [0.25, 0.3) is 0 Å². The normalized spacial score (nSPS) is 11.9. The Bertz CT molecular complexity index is 344. The molecule has 0 bridgehead atoms. The van der Waals surface area contributed by atoms with E-state index in [0.29, 0.717) is 0 Å². The molecule has 1 aromatic carbocycles. The van der Waals surface area contributed by atoms with E-state index < -0.39 is 5.60 Å². The molecule has 0 radical (unpaired) electrons. The van der Waals surface area contributed by atoms with Gasteiger partial charge in [0.2, 0.25) is 0 Å². The summed E-state index contributed by atoms with van der Waals surface area (Å²) in [6.07, 6.45) is 1.75. The predicted molar refractivity (Wildman–Crippen MR) is 66.8 cm³/mol. The van der Waals surface area contributed by atoms with Crippen LogP contribution in [-0.4, -0.2) is 10.9 Å². The van der Waals surface area contributed by atoms with Crippen LogP contribution in [0.5, 0.6) is 0 Å². The number of hydrogen-bond acceptors (Lipinski definition) is 2. The SMILES string of the molecule is Cc1cc(C)c(CCC(C)(C)OO)c(C)c1. The summed E-state index contributed by atoms with van der Waals surface area (Å²) < 4.78 is 0. The second kappa shape index (κ2) is 4.98. The maximum absolute atomic E-state index is 8.75. The highest BCUT2D eigenvalue weighted by Crippen LogP contribution is 2.22. The average Bonchev–Trinajstić information content (AvgIpc) is 2.16. The van der Waals surface area contributed by atoms with Crippen molar-refractivity contribution in [3.63, 3.8) is 0 Å². The van der Waals surface area contributed by atoms with Gasteiger partial charge >= 0.3 is 0 Å². The van der Waals surface area contributed by atoms with Gasteiger partial charge in [0.15, 0.2) is 0 Å². The van der Waals surface area contributed by atoms with E-state index in [2.05, 4.69) is 37.8 Å². The summed E-state index contributed by atoms with van der Waals surface area (Å²) in [5.41, 5.74) is 4.86. The molecule has 0 fully saturated rings. The molecule has 0 amide bonds. The summed E-state index contributed by atoms with van der Waals surface area (Å²) in [6, 6.07) is 4.41. The second-order valence-electron chi connectivity index (χ2n) is 5.23. The number of benzene rings is 1. The minimum atomic E-state index is -0.468. The smallest absolute Gasteiger partial charge is 0.0980 e. The van der Waals surface area contributed by atoms with Crippen LogP contribution in [0.4, 0.5) is 0 Å². The lowest BCUT2D eigenvalue weighted by Gasteiger charge is -2.21. The largest absolute Gasteiger partial charge is 0.251 e. The van der Waals surface area contributed by atoms with Crippen molar-refractivity contribution >= 4 is 0 Å². The van der Waals surface area contributed by atoms with Gasteiger partial charge in [-0.1, -0.05) is 17.7 Å². The molecule has 1 aromatic rings. The van der Waals surface area contributed by atoms with Crippen LogP contribution in [0.15, 0.2) is 12.1 Å². The molecular weight excluding hydrogens is 200 g/mol. The Morgan fingerprint density at radius 2 is 1.62 bits per heavy atom. The van der Waals surface area contributed by atoms with Gasteiger partial charge in [0, 0.05) is 0 Å². The molecule has 0 aliphatic carbocycles. The molecule has 0 aliphatic heterocycles. The Balaban J connectivity index is 2.82. The van der Waals surface area contributed by atoms with Crippen molar-refractivity contribution < 1.29 is 10.1 Å². The topological polar surface area (TPSA) is 29.5 Å². The fourth-order valence-corrected chi connectivity index (χ4v) is 2.08. The molecule has 90 valence electrons. The Morgan fingerprint density at radius 3 is 2.06 bits per heavy atom.